The SMILES string of the molecule is CN(CCc1cccs1)S(=O)(=O)c1csc(CO)c1. The summed E-state index contributed by atoms with van der Waals surface area (Å²) in [5.41, 5.74) is 0. The number of rotatable bonds is 6. The largest absolute Gasteiger partial charge is 0.391 e. The van der Waals surface area contributed by atoms with E-state index in [1.165, 1.54) is 26.6 Å². The van der Waals surface area contributed by atoms with Gasteiger partial charge in [-0.05, 0) is 23.9 Å². The van der Waals surface area contributed by atoms with Crippen molar-refractivity contribution in [2.24, 2.45) is 0 Å². The summed E-state index contributed by atoms with van der Waals surface area (Å²) in [7, 11) is -1.86. The predicted molar refractivity (Wildman–Crippen MR) is 78.1 cm³/mol. The van der Waals surface area contributed by atoms with Crippen molar-refractivity contribution in [3.63, 3.8) is 0 Å². The first-order chi connectivity index (χ1) is 9.04. The van der Waals surface area contributed by atoms with Crippen LogP contribution in [0.15, 0.2) is 33.9 Å². The Labute approximate surface area is 121 Å². The number of hydrogen-bond acceptors (Lipinski definition) is 5. The van der Waals surface area contributed by atoms with Gasteiger partial charge in [0.05, 0.1) is 11.5 Å². The molecule has 2 aromatic rings. The van der Waals surface area contributed by atoms with Gasteiger partial charge in [-0.25, -0.2) is 12.7 Å². The Bertz CT molecular complexity index is 616. The molecule has 0 atom stereocenters. The third-order valence-corrected chi connectivity index (χ3v) is 6.59. The van der Waals surface area contributed by atoms with Gasteiger partial charge in [0.1, 0.15) is 0 Å². The average molecular weight is 317 g/mol. The maximum absolute atomic E-state index is 12.3. The number of likely N-dealkylation sites (N-methyl/N-ethyl adjacent to an activating group) is 1. The zero-order valence-corrected chi connectivity index (χ0v) is 12.9. The molecule has 2 rings (SSSR count). The molecule has 0 radical (unpaired) electrons. The van der Waals surface area contributed by atoms with Crippen molar-refractivity contribution < 1.29 is 13.5 Å². The molecule has 0 aliphatic carbocycles. The highest BCUT2D eigenvalue weighted by Crippen LogP contribution is 2.22. The molecule has 0 aliphatic heterocycles. The van der Waals surface area contributed by atoms with Crippen LogP contribution in [-0.4, -0.2) is 31.4 Å². The van der Waals surface area contributed by atoms with E-state index in [9.17, 15) is 8.42 Å². The summed E-state index contributed by atoms with van der Waals surface area (Å²) in [6, 6.07) is 5.49. The van der Waals surface area contributed by atoms with E-state index < -0.39 is 10.0 Å². The molecule has 19 heavy (non-hydrogen) atoms. The van der Waals surface area contributed by atoms with Gasteiger partial charge < -0.3 is 5.11 Å². The third-order valence-electron chi connectivity index (χ3n) is 2.75. The minimum Gasteiger partial charge on any atom is -0.391 e. The van der Waals surface area contributed by atoms with Gasteiger partial charge in [-0.1, -0.05) is 6.07 Å². The van der Waals surface area contributed by atoms with E-state index in [4.69, 9.17) is 5.11 Å². The maximum atomic E-state index is 12.3. The van der Waals surface area contributed by atoms with E-state index in [0.29, 0.717) is 17.8 Å². The monoisotopic (exact) mass is 317 g/mol. The van der Waals surface area contributed by atoms with Crippen LogP contribution in [0.5, 0.6) is 0 Å². The fourth-order valence-electron chi connectivity index (χ4n) is 1.60. The van der Waals surface area contributed by atoms with Crippen LogP contribution >= 0.6 is 22.7 Å². The quantitative estimate of drug-likeness (QED) is 0.888. The van der Waals surface area contributed by atoms with Crippen LogP contribution in [0.25, 0.3) is 0 Å². The summed E-state index contributed by atoms with van der Waals surface area (Å²) in [5.74, 6) is 0. The van der Waals surface area contributed by atoms with Gasteiger partial charge >= 0.3 is 0 Å². The van der Waals surface area contributed by atoms with E-state index in [-0.39, 0.29) is 11.5 Å². The molecule has 0 bridgehead atoms. The van der Waals surface area contributed by atoms with E-state index >= 15 is 0 Å². The van der Waals surface area contributed by atoms with Crippen molar-refractivity contribution in [1.29, 1.82) is 0 Å². The van der Waals surface area contributed by atoms with Crippen LogP contribution < -0.4 is 0 Å². The van der Waals surface area contributed by atoms with Crippen molar-refractivity contribution in [1.82, 2.24) is 4.31 Å². The summed E-state index contributed by atoms with van der Waals surface area (Å²) >= 11 is 2.88. The van der Waals surface area contributed by atoms with Crippen molar-refractivity contribution in [2.75, 3.05) is 13.6 Å². The van der Waals surface area contributed by atoms with E-state index in [2.05, 4.69) is 0 Å². The number of aliphatic hydroxyl groups excluding tert-OH is 1. The number of nitrogens with zero attached hydrogens (tertiary/aromatic N) is 1. The molecule has 7 heteroatoms. The number of sulfonamides is 1. The Kier molecular flexibility index (Phi) is 4.75. The van der Waals surface area contributed by atoms with Crippen LogP contribution in [0.2, 0.25) is 0 Å². The summed E-state index contributed by atoms with van der Waals surface area (Å²) in [6.07, 6.45) is 0.713. The smallest absolute Gasteiger partial charge is 0.243 e. The molecule has 1 N–H and O–H groups in total. The fourth-order valence-corrected chi connectivity index (χ4v) is 4.59. The molecule has 0 unspecified atom stereocenters. The molecular formula is C12H15NO3S3. The van der Waals surface area contributed by atoms with Gasteiger partial charge in [-0.2, -0.15) is 0 Å². The molecular weight excluding hydrogens is 302 g/mol. The molecule has 0 spiro atoms. The summed E-state index contributed by atoms with van der Waals surface area (Å²) < 4.78 is 25.9. The first-order valence-electron chi connectivity index (χ1n) is 5.71. The zero-order chi connectivity index (χ0) is 13.9. The highest BCUT2D eigenvalue weighted by Gasteiger charge is 2.21. The van der Waals surface area contributed by atoms with Crippen molar-refractivity contribution in [3.8, 4) is 0 Å². The Morgan fingerprint density at radius 1 is 1.32 bits per heavy atom. The molecule has 0 saturated carbocycles. The second-order valence-electron chi connectivity index (χ2n) is 4.06. The lowest BCUT2D eigenvalue weighted by Crippen LogP contribution is -2.28. The maximum Gasteiger partial charge on any atom is 0.243 e. The molecule has 0 aliphatic rings. The lowest BCUT2D eigenvalue weighted by Gasteiger charge is -2.15. The first kappa shape index (κ1) is 14.7. The van der Waals surface area contributed by atoms with Crippen LogP contribution in [0.3, 0.4) is 0 Å². The topological polar surface area (TPSA) is 57.6 Å². The number of thiophene rings is 2. The van der Waals surface area contributed by atoms with Gasteiger partial charge in [0, 0.05) is 28.7 Å². The minimum absolute atomic E-state index is 0.126. The Balaban J connectivity index is 2.06. The Hall–Kier alpha value is -0.730. The van der Waals surface area contributed by atoms with Gasteiger partial charge in [-0.3, -0.25) is 0 Å². The second-order valence-corrected chi connectivity index (χ2v) is 8.14. The summed E-state index contributed by atoms with van der Waals surface area (Å²) in [5, 5.41) is 12.5. The first-order valence-corrected chi connectivity index (χ1v) is 8.91. The molecule has 0 saturated heterocycles. The van der Waals surface area contributed by atoms with Gasteiger partial charge in [0.2, 0.25) is 10.0 Å². The van der Waals surface area contributed by atoms with Gasteiger partial charge in [0.15, 0.2) is 0 Å². The number of hydrogen-bond donors (Lipinski definition) is 1. The average Bonchev–Trinajstić information content (AvgIpc) is 3.06. The molecule has 104 valence electrons. The highest BCUT2D eigenvalue weighted by atomic mass is 32.2. The lowest BCUT2D eigenvalue weighted by atomic mass is 10.3. The summed E-state index contributed by atoms with van der Waals surface area (Å²) in [6.45, 7) is 0.326. The van der Waals surface area contributed by atoms with Gasteiger partial charge in [-0.15, -0.1) is 22.7 Å². The van der Waals surface area contributed by atoms with Gasteiger partial charge in [0.25, 0.3) is 0 Å². The van der Waals surface area contributed by atoms with Crippen LogP contribution in [0.1, 0.15) is 9.75 Å². The minimum atomic E-state index is -3.44. The van der Waals surface area contributed by atoms with Crippen LogP contribution in [-0.2, 0) is 23.1 Å². The Morgan fingerprint density at radius 2 is 2.11 bits per heavy atom. The van der Waals surface area contributed by atoms with E-state index in [0.717, 1.165) is 0 Å². The third kappa shape index (κ3) is 3.43. The molecule has 2 heterocycles. The molecule has 4 nitrogen and oxygen atoms in total. The van der Waals surface area contributed by atoms with Crippen LogP contribution in [0.4, 0.5) is 0 Å². The lowest BCUT2D eigenvalue weighted by molar-refractivity contribution is 0.285. The predicted octanol–water partition coefficient (Wildman–Crippen LogP) is 2.17. The van der Waals surface area contributed by atoms with Crippen LogP contribution in [0, 0.1) is 0 Å². The van der Waals surface area contributed by atoms with Crippen molar-refractivity contribution in [3.05, 3.63) is 38.7 Å². The molecule has 2 aromatic heterocycles. The normalized spacial score (nSPS) is 12.2. The highest BCUT2D eigenvalue weighted by molar-refractivity contribution is 7.89. The second kappa shape index (κ2) is 6.15. The number of aliphatic hydroxyl groups is 1. The van der Waals surface area contributed by atoms with E-state index in [1.54, 1.807) is 23.8 Å². The van der Waals surface area contributed by atoms with E-state index in [1.807, 2.05) is 17.5 Å². The van der Waals surface area contributed by atoms with Crippen molar-refractivity contribution >= 4 is 32.7 Å². The van der Waals surface area contributed by atoms with Crippen molar-refractivity contribution in [2.45, 2.75) is 17.9 Å². The summed E-state index contributed by atoms with van der Waals surface area (Å²) in [4.78, 5) is 2.09. The fraction of sp³-hybridized carbons (Fsp3) is 0.333. The molecule has 0 amide bonds. The molecule has 0 fully saturated rings. The standard InChI is InChI=1S/C12H15NO3S3/c1-13(5-4-10-3-2-6-17-10)19(15,16)12-7-11(8-14)18-9-12/h2-3,6-7,9,14H,4-5,8H2,1H3. The zero-order valence-electron chi connectivity index (χ0n) is 10.4. The molecule has 0 aromatic carbocycles. The Morgan fingerprint density at radius 3 is 2.68 bits per heavy atom.